The van der Waals surface area contributed by atoms with Crippen molar-refractivity contribution in [1.29, 1.82) is 0 Å². The number of anilines is 1. The number of carbonyl (C=O) groups is 1. The van der Waals surface area contributed by atoms with E-state index >= 15 is 0 Å². The molecule has 1 aliphatic heterocycles. The van der Waals surface area contributed by atoms with Gasteiger partial charge in [-0.15, -0.1) is 11.3 Å². The summed E-state index contributed by atoms with van der Waals surface area (Å²) in [6, 6.07) is 15.2. The van der Waals surface area contributed by atoms with Crippen molar-refractivity contribution in [1.82, 2.24) is 10.9 Å². The summed E-state index contributed by atoms with van der Waals surface area (Å²) in [5.74, 6) is 1.13. The Morgan fingerprint density at radius 1 is 1.06 bits per heavy atom. The van der Waals surface area contributed by atoms with E-state index < -0.39 is 10.0 Å². The Labute approximate surface area is 189 Å². The first kappa shape index (κ1) is 21.7. The van der Waals surface area contributed by atoms with Gasteiger partial charge in [-0.1, -0.05) is 18.2 Å². The fourth-order valence-corrected chi connectivity index (χ4v) is 4.98. The Balaban J connectivity index is 1.29. The first-order chi connectivity index (χ1) is 15.4. The molecule has 3 N–H and O–H groups in total. The van der Waals surface area contributed by atoms with Gasteiger partial charge in [-0.3, -0.25) is 14.9 Å². The molecular formula is C22H21N3O5S2. The van der Waals surface area contributed by atoms with Crippen LogP contribution < -0.4 is 25.0 Å². The smallest absolute Gasteiger partial charge is 0.271 e. The number of nitrogens with one attached hydrogen (secondary N) is 3. The number of amides is 1. The zero-order chi connectivity index (χ0) is 22.6. The monoisotopic (exact) mass is 471 g/mol. The van der Waals surface area contributed by atoms with E-state index in [1.165, 1.54) is 6.07 Å². The van der Waals surface area contributed by atoms with E-state index in [4.69, 9.17) is 9.47 Å². The average molecular weight is 472 g/mol. The number of fused-ring (bicyclic) bond motifs is 1. The predicted molar refractivity (Wildman–Crippen MR) is 122 cm³/mol. The molecule has 0 spiro atoms. The van der Waals surface area contributed by atoms with Crippen molar-refractivity contribution in [3.63, 3.8) is 0 Å². The molecule has 2 heterocycles. The number of thiophene rings is 1. The van der Waals surface area contributed by atoms with Gasteiger partial charge >= 0.3 is 0 Å². The Morgan fingerprint density at radius 3 is 2.59 bits per heavy atom. The summed E-state index contributed by atoms with van der Waals surface area (Å²) in [6.07, 6.45) is 2.60. The molecule has 10 heteroatoms. The van der Waals surface area contributed by atoms with Crippen molar-refractivity contribution >= 4 is 33.0 Å². The van der Waals surface area contributed by atoms with Gasteiger partial charge < -0.3 is 14.9 Å². The number of ether oxygens (including phenoxy) is 2. The van der Waals surface area contributed by atoms with Crippen molar-refractivity contribution in [3.05, 3.63) is 82.9 Å². The molecule has 0 radical (unpaired) electrons. The molecule has 0 fully saturated rings. The molecule has 1 aliphatic rings. The third kappa shape index (κ3) is 5.21. The molecule has 8 nitrogen and oxygen atoms in total. The van der Waals surface area contributed by atoms with Gasteiger partial charge in [-0.2, -0.15) is 0 Å². The molecule has 1 amide bonds. The van der Waals surface area contributed by atoms with Gasteiger partial charge in [0.25, 0.3) is 15.9 Å². The quantitative estimate of drug-likeness (QED) is 0.433. The molecule has 0 saturated heterocycles. The lowest BCUT2D eigenvalue weighted by atomic mass is 10.1. The van der Waals surface area contributed by atoms with Crippen molar-refractivity contribution in [2.24, 2.45) is 0 Å². The van der Waals surface area contributed by atoms with Crippen LogP contribution >= 0.6 is 11.3 Å². The number of benzene rings is 2. The molecule has 2 aromatic carbocycles. The molecule has 32 heavy (non-hydrogen) atoms. The minimum absolute atomic E-state index is 0.228. The third-order valence-electron chi connectivity index (χ3n) is 4.61. The molecule has 0 saturated carbocycles. The first-order valence-corrected chi connectivity index (χ1v) is 12.0. The number of hydrazine groups is 1. The molecule has 1 aromatic heterocycles. The summed E-state index contributed by atoms with van der Waals surface area (Å²) in [5, 5.41) is 1.69. The molecule has 4 rings (SSSR count). The maximum Gasteiger partial charge on any atom is 0.271 e. The van der Waals surface area contributed by atoms with E-state index in [0.29, 0.717) is 17.7 Å². The van der Waals surface area contributed by atoms with E-state index in [2.05, 4.69) is 15.6 Å². The maximum atomic E-state index is 12.4. The van der Waals surface area contributed by atoms with E-state index in [9.17, 15) is 13.2 Å². The van der Waals surface area contributed by atoms with Crippen LogP contribution in [0.1, 0.15) is 22.8 Å². The zero-order valence-corrected chi connectivity index (χ0v) is 18.8. The number of hydrogen-bond donors (Lipinski definition) is 3. The molecule has 0 unspecified atom stereocenters. The van der Waals surface area contributed by atoms with Crippen molar-refractivity contribution < 1.29 is 22.7 Å². The van der Waals surface area contributed by atoms with Crippen LogP contribution in [0.25, 0.3) is 0 Å². The minimum atomic E-state index is -3.62. The second kappa shape index (κ2) is 9.33. The van der Waals surface area contributed by atoms with Gasteiger partial charge in [-0.25, -0.2) is 8.42 Å². The van der Waals surface area contributed by atoms with Crippen LogP contribution in [-0.4, -0.2) is 21.1 Å². The molecule has 3 aromatic rings. The maximum absolute atomic E-state index is 12.4. The summed E-state index contributed by atoms with van der Waals surface area (Å²) >= 11 is 1.13. The largest absolute Gasteiger partial charge is 0.454 e. The van der Waals surface area contributed by atoms with Crippen molar-refractivity contribution in [3.8, 4) is 11.5 Å². The Hall–Kier alpha value is -3.50. The fourth-order valence-electron chi connectivity index (χ4n) is 2.93. The number of hydrogen-bond acceptors (Lipinski definition) is 7. The van der Waals surface area contributed by atoms with Gasteiger partial charge in [0, 0.05) is 16.9 Å². The Morgan fingerprint density at radius 2 is 1.84 bits per heavy atom. The first-order valence-electron chi connectivity index (χ1n) is 9.69. The van der Waals surface area contributed by atoms with Crippen molar-refractivity contribution in [2.45, 2.75) is 17.6 Å². The Bertz CT molecular complexity index is 1240. The van der Waals surface area contributed by atoms with Gasteiger partial charge in [0.15, 0.2) is 11.5 Å². The van der Waals surface area contributed by atoms with Gasteiger partial charge in [-0.05, 0) is 66.8 Å². The summed E-state index contributed by atoms with van der Waals surface area (Å²) < 4.78 is 37.9. The standard InChI is InChI=1S/C22H21N3O5S2/c1-15(4-5-16-6-11-19-20(13-16)30-14-29-19)23-24-22(26)17-7-9-18(10-8-17)25-32(27,28)21-3-2-12-31-21/h2-4,6-13,23,25H,5,14H2,1H3,(H,24,26)/b15-4-. The fraction of sp³-hybridized carbons (Fsp3) is 0.136. The van der Waals surface area contributed by atoms with Crippen LogP contribution in [0, 0.1) is 0 Å². The third-order valence-corrected chi connectivity index (χ3v) is 7.39. The average Bonchev–Trinajstić information content (AvgIpc) is 3.48. The van der Waals surface area contributed by atoms with E-state index in [1.54, 1.807) is 35.7 Å². The molecule has 0 atom stereocenters. The predicted octanol–water partition coefficient (Wildman–Crippen LogP) is 3.66. The van der Waals surface area contributed by atoms with E-state index in [-0.39, 0.29) is 16.9 Å². The van der Waals surface area contributed by atoms with Crippen LogP contribution in [-0.2, 0) is 16.4 Å². The number of rotatable bonds is 8. The topological polar surface area (TPSA) is 106 Å². The van der Waals surface area contributed by atoms with Crippen molar-refractivity contribution in [2.75, 3.05) is 11.5 Å². The van der Waals surface area contributed by atoms with Crippen LogP contribution in [0.3, 0.4) is 0 Å². The summed E-state index contributed by atoms with van der Waals surface area (Å²) in [7, 11) is -3.62. The molecule has 0 bridgehead atoms. The van der Waals surface area contributed by atoms with Gasteiger partial charge in [0.2, 0.25) is 6.79 Å². The van der Waals surface area contributed by atoms with Gasteiger partial charge in [0.05, 0.1) is 0 Å². The summed E-state index contributed by atoms with van der Waals surface area (Å²) in [4.78, 5) is 12.4. The van der Waals surface area contributed by atoms with E-state index in [1.807, 2.05) is 31.2 Å². The zero-order valence-electron chi connectivity index (χ0n) is 17.1. The molecule has 166 valence electrons. The highest BCUT2D eigenvalue weighted by atomic mass is 32.2. The molecule has 0 aliphatic carbocycles. The van der Waals surface area contributed by atoms with Crippen LogP contribution in [0.2, 0.25) is 0 Å². The van der Waals surface area contributed by atoms with Crippen LogP contribution in [0.15, 0.2) is 76.0 Å². The summed E-state index contributed by atoms with van der Waals surface area (Å²) in [6.45, 7) is 2.08. The normalized spacial score (nSPS) is 13.0. The molecular weight excluding hydrogens is 450 g/mol. The lowest BCUT2D eigenvalue weighted by molar-refractivity contribution is 0.0939. The second-order valence-corrected chi connectivity index (χ2v) is 9.83. The second-order valence-electron chi connectivity index (χ2n) is 6.97. The van der Waals surface area contributed by atoms with Gasteiger partial charge in [0.1, 0.15) is 4.21 Å². The SMILES string of the molecule is C/C(=C/Cc1ccc2c(c1)OCO2)NNC(=O)c1ccc(NS(=O)(=O)c2cccs2)cc1. The number of sulfonamides is 1. The lowest BCUT2D eigenvalue weighted by Crippen LogP contribution is -2.36. The van der Waals surface area contributed by atoms with Crippen LogP contribution in [0.5, 0.6) is 11.5 Å². The highest BCUT2D eigenvalue weighted by molar-refractivity contribution is 7.94. The number of carbonyl (C=O) groups excluding carboxylic acids is 1. The minimum Gasteiger partial charge on any atom is -0.454 e. The summed E-state index contributed by atoms with van der Waals surface area (Å²) in [5.41, 5.74) is 8.10. The lowest BCUT2D eigenvalue weighted by Gasteiger charge is -2.10. The number of allylic oxidation sites excluding steroid dienone is 2. The highest BCUT2D eigenvalue weighted by Crippen LogP contribution is 2.32. The van der Waals surface area contributed by atoms with Crippen LogP contribution in [0.4, 0.5) is 5.69 Å². The Kier molecular flexibility index (Phi) is 6.33. The van der Waals surface area contributed by atoms with E-state index in [0.717, 1.165) is 34.1 Å². The highest BCUT2D eigenvalue weighted by Gasteiger charge is 2.15.